The number of nitrogens with zero attached hydrogens (tertiary/aromatic N) is 2. The zero-order valence-corrected chi connectivity index (χ0v) is 34.7. The van der Waals surface area contributed by atoms with Crippen LogP contribution in [0.1, 0.15) is 45.0 Å². The predicted molar refractivity (Wildman–Crippen MR) is 262 cm³/mol. The number of anilines is 3. The van der Waals surface area contributed by atoms with Crippen LogP contribution in [-0.2, 0) is 11.8 Å². The molecule has 3 aliphatic rings. The Hall–Kier alpha value is -7.94. The van der Waals surface area contributed by atoms with Gasteiger partial charge in [0, 0.05) is 45.3 Å². The van der Waals surface area contributed by atoms with Crippen LogP contribution in [0.15, 0.2) is 231 Å². The molecule has 10 aromatic rings. The van der Waals surface area contributed by atoms with Crippen molar-refractivity contribution in [2.75, 3.05) is 4.90 Å². The van der Waals surface area contributed by atoms with E-state index in [0.29, 0.717) is 0 Å². The number of hydrogen-bond donors (Lipinski definition) is 0. The summed E-state index contributed by atoms with van der Waals surface area (Å²) in [7, 11) is 0. The van der Waals surface area contributed by atoms with Crippen molar-refractivity contribution < 1.29 is 0 Å². The summed E-state index contributed by atoms with van der Waals surface area (Å²) in [4.78, 5) is 2.52. The highest BCUT2D eigenvalue weighted by Crippen LogP contribution is 2.63. The van der Waals surface area contributed by atoms with Crippen LogP contribution in [0.5, 0.6) is 0 Å². The van der Waals surface area contributed by atoms with Crippen LogP contribution in [-0.4, -0.2) is 4.57 Å². The monoisotopic (exact) mass is 802 g/mol. The van der Waals surface area contributed by atoms with Gasteiger partial charge in [0.25, 0.3) is 0 Å². The highest BCUT2D eigenvalue weighted by Gasteiger charge is 2.51. The number of hydrogen-bond acceptors (Lipinski definition) is 1. The van der Waals surface area contributed by atoms with Gasteiger partial charge in [-0.3, -0.25) is 0 Å². The number of benzene rings is 9. The summed E-state index contributed by atoms with van der Waals surface area (Å²) in [6, 6.07) is 83.2. The average molecular weight is 803 g/mol. The molecule has 0 aliphatic heterocycles. The van der Waals surface area contributed by atoms with Crippen LogP contribution >= 0.6 is 0 Å². The zero-order chi connectivity index (χ0) is 41.5. The van der Waals surface area contributed by atoms with Crippen molar-refractivity contribution in [1.82, 2.24) is 4.57 Å². The number of allylic oxidation sites excluding steroid dienone is 1. The molecule has 0 fully saturated rings. The van der Waals surface area contributed by atoms with Crippen molar-refractivity contribution in [1.29, 1.82) is 0 Å². The average Bonchev–Trinajstić information content (AvgIpc) is 3.96. The van der Waals surface area contributed by atoms with Gasteiger partial charge in [-0.15, -0.1) is 0 Å². The zero-order valence-electron chi connectivity index (χ0n) is 34.7. The molecular formula is C61H42N2. The topological polar surface area (TPSA) is 8.17 Å². The minimum atomic E-state index is -0.440. The second-order valence-corrected chi connectivity index (χ2v) is 17.1. The molecule has 1 heterocycles. The normalized spacial score (nSPS) is 14.8. The molecule has 0 radical (unpaired) electrons. The van der Waals surface area contributed by atoms with Crippen molar-refractivity contribution in [3.05, 3.63) is 270 Å². The lowest BCUT2D eigenvalue weighted by Gasteiger charge is -2.33. The van der Waals surface area contributed by atoms with Crippen LogP contribution < -0.4 is 4.90 Å². The third-order valence-corrected chi connectivity index (χ3v) is 14.0. The van der Waals surface area contributed by atoms with Gasteiger partial charge in [-0.1, -0.05) is 182 Å². The Morgan fingerprint density at radius 1 is 0.444 bits per heavy atom. The molecule has 1 atom stereocenters. The quantitative estimate of drug-likeness (QED) is 0.163. The second kappa shape index (κ2) is 14.1. The van der Waals surface area contributed by atoms with E-state index >= 15 is 0 Å². The van der Waals surface area contributed by atoms with Crippen molar-refractivity contribution >= 4 is 34.0 Å². The first-order valence-corrected chi connectivity index (χ1v) is 22.1. The maximum atomic E-state index is 2.52. The van der Waals surface area contributed by atoms with Crippen LogP contribution in [0.4, 0.5) is 17.1 Å². The SMILES string of the molecule is C1=CC(c2cc(-c3ccccc3)ccc2N(c2ccccc2)c2ccc3c(c2)C2(c4ccccc4-c4ccccc42)c2ccccc2-3)Cc2c1c1ccccc1n2-c1ccccc1. The fourth-order valence-electron chi connectivity index (χ4n) is 11.4. The number of para-hydroxylation sites is 3. The van der Waals surface area contributed by atoms with Gasteiger partial charge in [-0.25, -0.2) is 0 Å². The van der Waals surface area contributed by atoms with E-state index in [1.165, 1.54) is 94.7 Å². The molecule has 9 aromatic carbocycles. The van der Waals surface area contributed by atoms with E-state index in [1.54, 1.807) is 0 Å². The summed E-state index contributed by atoms with van der Waals surface area (Å²) in [6.07, 6.45) is 5.71. The van der Waals surface area contributed by atoms with Gasteiger partial charge in [-0.2, -0.15) is 0 Å². The Balaban J connectivity index is 1.04. The Bertz CT molecular complexity index is 3370. The van der Waals surface area contributed by atoms with E-state index < -0.39 is 5.41 Å². The van der Waals surface area contributed by atoms with Gasteiger partial charge in [0.2, 0.25) is 0 Å². The molecule has 2 nitrogen and oxygen atoms in total. The Kier molecular flexibility index (Phi) is 7.98. The Labute approximate surface area is 368 Å². The molecule has 0 amide bonds. The molecule has 1 spiro atoms. The van der Waals surface area contributed by atoms with Crippen LogP contribution in [0.2, 0.25) is 0 Å². The van der Waals surface area contributed by atoms with Crippen molar-refractivity contribution in [2.45, 2.75) is 17.8 Å². The van der Waals surface area contributed by atoms with E-state index in [0.717, 1.165) is 17.8 Å². The molecule has 0 saturated carbocycles. The lowest BCUT2D eigenvalue weighted by molar-refractivity contribution is 0.782. The van der Waals surface area contributed by atoms with E-state index in [-0.39, 0.29) is 5.92 Å². The van der Waals surface area contributed by atoms with Crippen molar-refractivity contribution in [3.8, 4) is 39.1 Å². The van der Waals surface area contributed by atoms with E-state index in [1.807, 2.05) is 0 Å². The number of aromatic nitrogens is 1. The fraction of sp³-hybridized carbons (Fsp3) is 0.0492. The lowest BCUT2D eigenvalue weighted by atomic mass is 9.70. The van der Waals surface area contributed by atoms with Crippen molar-refractivity contribution in [3.63, 3.8) is 0 Å². The summed E-state index contributed by atoms with van der Waals surface area (Å²) in [5.41, 5.74) is 22.4. The molecule has 0 N–H and O–H groups in total. The maximum absolute atomic E-state index is 2.52. The van der Waals surface area contributed by atoms with Gasteiger partial charge in [0.15, 0.2) is 0 Å². The molecule has 13 rings (SSSR count). The molecule has 296 valence electrons. The highest BCUT2D eigenvalue weighted by molar-refractivity contribution is 5.97. The highest BCUT2D eigenvalue weighted by atomic mass is 15.1. The summed E-state index contributed by atoms with van der Waals surface area (Å²) in [6.45, 7) is 0. The number of rotatable bonds is 6. The Morgan fingerprint density at radius 2 is 1.02 bits per heavy atom. The minimum absolute atomic E-state index is 0.104. The third-order valence-electron chi connectivity index (χ3n) is 14.0. The molecule has 3 aliphatic carbocycles. The summed E-state index contributed by atoms with van der Waals surface area (Å²) >= 11 is 0. The first-order valence-electron chi connectivity index (χ1n) is 22.1. The standard InChI is InChI=1S/C61H42N2/c1-4-18-41(19-5-1)42-33-37-59(53(38-42)43-32-35-52-51-27-13-17-31-58(51)63(60(52)39-43)45-22-8-3-9-23-45)62(44-20-6-2-7-21-44)46-34-36-50-49-26-12-16-30-56(49)61(57(50)40-46)54-28-14-10-24-47(54)48-25-11-15-29-55(48)61/h1-38,40,43H,39H2. The molecule has 1 unspecified atom stereocenters. The van der Waals surface area contributed by atoms with E-state index in [9.17, 15) is 0 Å². The van der Waals surface area contributed by atoms with Gasteiger partial charge in [0.1, 0.15) is 0 Å². The third kappa shape index (κ3) is 5.25. The maximum Gasteiger partial charge on any atom is 0.0726 e. The molecule has 0 saturated heterocycles. The van der Waals surface area contributed by atoms with E-state index in [4.69, 9.17) is 0 Å². The van der Waals surface area contributed by atoms with Gasteiger partial charge < -0.3 is 9.47 Å². The van der Waals surface area contributed by atoms with E-state index in [2.05, 4.69) is 246 Å². The fourth-order valence-corrected chi connectivity index (χ4v) is 11.4. The largest absolute Gasteiger partial charge is 0.313 e. The van der Waals surface area contributed by atoms with Crippen LogP contribution in [0.3, 0.4) is 0 Å². The predicted octanol–water partition coefficient (Wildman–Crippen LogP) is 15.5. The molecular weight excluding hydrogens is 761 g/mol. The minimum Gasteiger partial charge on any atom is -0.313 e. The summed E-state index contributed by atoms with van der Waals surface area (Å²) in [5, 5.41) is 1.29. The van der Waals surface area contributed by atoms with Crippen LogP contribution in [0.25, 0.3) is 56.0 Å². The molecule has 1 aromatic heterocycles. The van der Waals surface area contributed by atoms with Gasteiger partial charge in [0.05, 0.1) is 10.9 Å². The molecule has 2 heteroatoms. The molecule has 63 heavy (non-hydrogen) atoms. The summed E-state index contributed by atoms with van der Waals surface area (Å²) in [5.74, 6) is 0.104. The second-order valence-electron chi connectivity index (χ2n) is 17.1. The van der Waals surface area contributed by atoms with Crippen LogP contribution in [0, 0.1) is 0 Å². The Morgan fingerprint density at radius 3 is 1.70 bits per heavy atom. The smallest absolute Gasteiger partial charge is 0.0726 e. The van der Waals surface area contributed by atoms with Crippen molar-refractivity contribution in [2.24, 2.45) is 0 Å². The van der Waals surface area contributed by atoms with Gasteiger partial charge in [-0.05, 0) is 122 Å². The van der Waals surface area contributed by atoms with Gasteiger partial charge >= 0.3 is 0 Å². The first kappa shape index (κ1) is 35.8. The molecule has 0 bridgehead atoms. The lowest BCUT2D eigenvalue weighted by Crippen LogP contribution is -2.26. The summed E-state index contributed by atoms with van der Waals surface area (Å²) < 4.78 is 2.49. The first-order chi connectivity index (χ1) is 31.3. The number of fused-ring (bicyclic) bond motifs is 13.